The fourth-order valence-corrected chi connectivity index (χ4v) is 3.04. The van der Waals surface area contributed by atoms with E-state index in [-0.39, 0.29) is 15.7 Å². The third-order valence-electron chi connectivity index (χ3n) is 3.66. The molecule has 1 aromatic carbocycles. The third kappa shape index (κ3) is 3.40. The van der Waals surface area contributed by atoms with Crippen molar-refractivity contribution in [2.45, 2.75) is 6.92 Å². The summed E-state index contributed by atoms with van der Waals surface area (Å²) in [7, 11) is 0. The predicted molar refractivity (Wildman–Crippen MR) is 102 cm³/mol. The number of hydrogen-bond acceptors (Lipinski definition) is 4. The number of para-hydroxylation sites is 1. The van der Waals surface area contributed by atoms with Gasteiger partial charge >= 0.3 is 6.03 Å². The Kier molecular flexibility index (Phi) is 4.92. The molecule has 0 aliphatic carbocycles. The van der Waals surface area contributed by atoms with Crippen LogP contribution < -0.4 is 16.4 Å². The van der Waals surface area contributed by atoms with Crippen LogP contribution in [0.25, 0.3) is 10.9 Å². The Balaban J connectivity index is 2.06. The number of hydrogen-bond donors (Lipinski definition) is 3. The van der Waals surface area contributed by atoms with E-state index in [1.807, 2.05) is 0 Å². The summed E-state index contributed by atoms with van der Waals surface area (Å²) in [6.07, 6.45) is 2.98. The fraction of sp³-hybridized carbons (Fsp3) is 0.0588. The molecular weight excluding hydrogens is 377 g/mol. The van der Waals surface area contributed by atoms with Crippen molar-refractivity contribution >= 4 is 57.4 Å². The van der Waals surface area contributed by atoms with Gasteiger partial charge in [0.1, 0.15) is 5.15 Å². The average Bonchev–Trinajstić information content (AvgIpc) is 2.57. The summed E-state index contributed by atoms with van der Waals surface area (Å²) in [6.45, 7) is 1.79. The summed E-state index contributed by atoms with van der Waals surface area (Å²) in [6, 6.07) is 5.94. The zero-order valence-electron chi connectivity index (χ0n) is 13.5. The molecule has 0 bridgehead atoms. The van der Waals surface area contributed by atoms with Gasteiger partial charge in [-0.15, -0.1) is 0 Å². The SMILES string of the molecule is Cc1cnc2c(NC(=O)c3c(Cl)ccnc3Cl)cccc2c1NC(N)=O. The molecule has 26 heavy (non-hydrogen) atoms. The van der Waals surface area contributed by atoms with Gasteiger partial charge in [-0.05, 0) is 24.6 Å². The Morgan fingerprint density at radius 3 is 2.58 bits per heavy atom. The van der Waals surface area contributed by atoms with Gasteiger partial charge in [-0.2, -0.15) is 0 Å². The van der Waals surface area contributed by atoms with Crippen molar-refractivity contribution in [3.8, 4) is 0 Å². The summed E-state index contributed by atoms with van der Waals surface area (Å²) in [5.41, 5.74) is 7.46. The second-order valence-electron chi connectivity index (χ2n) is 5.42. The number of carbonyl (C=O) groups excluding carboxylic acids is 2. The number of primary amides is 1. The first-order valence-corrected chi connectivity index (χ1v) is 8.20. The zero-order chi connectivity index (χ0) is 18.8. The van der Waals surface area contributed by atoms with Crippen molar-refractivity contribution in [2.24, 2.45) is 5.73 Å². The molecule has 0 saturated heterocycles. The van der Waals surface area contributed by atoms with Crippen LogP contribution in [0, 0.1) is 6.92 Å². The highest BCUT2D eigenvalue weighted by Crippen LogP contribution is 2.31. The lowest BCUT2D eigenvalue weighted by Gasteiger charge is -2.13. The van der Waals surface area contributed by atoms with Crippen LogP contribution in [0.2, 0.25) is 10.2 Å². The van der Waals surface area contributed by atoms with Gasteiger partial charge in [0.05, 0.1) is 27.5 Å². The fourth-order valence-electron chi connectivity index (χ4n) is 2.51. The highest BCUT2D eigenvalue weighted by Gasteiger charge is 2.18. The minimum absolute atomic E-state index is 0.00451. The lowest BCUT2D eigenvalue weighted by molar-refractivity contribution is 0.102. The Labute approximate surface area is 158 Å². The van der Waals surface area contributed by atoms with Gasteiger partial charge in [0.2, 0.25) is 0 Å². The van der Waals surface area contributed by atoms with Crippen molar-refractivity contribution in [1.82, 2.24) is 9.97 Å². The summed E-state index contributed by atoms with van der Waals surface area (Å²) < 4.78 is 0. The van der Waals surface area contributed by atoms with Crippen LogP contribution in [-0.4, -0.2) is 21.9 Å². The van der Waals surface area contributed by atoms with Gasteiger partial charge < -0.3 is 16.4 Å². The van der Waals surface area contributed by atoms with Crippen molar-refractivity contribution in [2.75, 3.05) is 10.6 Å². The van der Waals surface area contributed by atoms with Crippen molar-refractivity contribution in [1.29, 1.82) is 0 Å². The molecule has 0 saturated carbocycles. The third-order valence-corrected chi connectivity index (χ3v) is 4.27. The number of fused-ring (bicyclic) bond motifs is 1. The monoisotopic (exact) mass is 389 g/mol. The zero-order valence-corrected chi connectivity index (χ0v) is 15.0. The minimum atomic E-state index is -0.691. The molecule has 9 heteroatoms. The number of aryl methyl sites for hydroxylation is 1. The van der Waals surface area contributed by atoms with E-state index in [4.69, 9.17) is 28.9 Å². The Morgan fingerprint density at radius 2 is 1.88 bits per heavy atom. The molecule has 0 atom stereocenters. The number of urea groups is 1. The number of anilines is 2. The summed E-state index contributed by atoms with van der Waals surface area (Å²) in [4.78, 5) is 32.1. The molecule has 132 valence electrons. The number of amides is 3. The lowest BCUT2D eigenvalue weighted by atomic mass is 10.1. The van der Waals surface area contributed by atoms with Crippen LogP contribution in [0.15, 0.2) is 36.7 Å². The predicted octanol–water partition coefficient (Wildman–Crippen LogP) is 3.99. The quantitative estimate of drug-likeness (QED) is 0.588. The normalized spacial score (nSPS) is 10.6. The van der Waals surface area contributed by atoms with Crippen LogP contribution in [0.4, 0.5) is 16.2 Å². The molecule has 7 nitrogen and oxygen atoms in total. The van der Waals surface area contributed by atoms with E-state index in [1.54, 1.807) is 31.3 Å². The largest absolute Gasteiger partial charge is 0.351 e. The molecule has 2 aromatic heterocycles. The number of aromatic nitrogens is 2. The lowest BCUT2D eigenvalue weighted by Crippen LogP contribution is -2.20. The Bertz CT molecular complexity index is 1020. The second-order valence-corrected chi connectivity index (χ2v) is 6.19. The summed E-state index contributed by atoms with van der Waals surface area (Å²) in [5, 5.41) is 6.12. The average molecular weight is 390 g/mol. The van der Waals surface area contributed by atoms with Gasteiger partial charge in [-0.25, -0.2) is 9.78 Å². The molecule has 3 amide bonds. The highest BCUT2D eigenvalue weighted by molar-refractivity contribution is 6.39. The van der Waals surface area contributed by atoms with E-state index < -0.39 is 11.9 Å². The Hall–Kier alpha value is -2.90. The number of nitrogens with two attached hydrogens (primary N) is 1. The van der Waals surface area contributed by atoms with Crippen LogP contribution in [-0.2, 0) is 0 Å². The molecule has 3 rings (SSSR count). The van der Waals surface area contributed by atoms with E-state index in [2.05, 4.69) is 20.6 Å². The maximum atomic E-state index is 12.6. The standard InChI is InChI=1S/C17H13Cl2N5O2/c1-8-7-22-14-9(13(8)24-17(20)26)3-2-4-11(14)23-16(25)12-10(18)5-6-21-15(12)19/h2-7H,1H3,(H,23,25)(H3,20,22,24,26). The van der Waals surface area contributed by atoms with Gasteiger partial charge in [-0.1, -0.05) is 35.3 Å². The number of carbonyl (C=O) groups is 2. The van der Waals surface area contributed by atoms with E-state index in [0.717, 1.165) is 5.56 Å². The number of nitrogens with one attached hydrogen (secondary N) is 2. The van der Waals surface area contributed by atoms with Crippen molar-refractivity contribution in [3.05, 3.63) is 58.0 Å². The number of pyridine rings is 2. The van der Waals surface area contributed by atoms with E-state index in [9.17, 15) is 9.59 Å². The summed E-state index contributed by atoms with van der Waals surface area (Å²) in [5.74, 6) is -0.521. The molecule has 0 fully saturated rings. The van der Waals surface area contributed by atoms with Crippen LogP contribution >= 0.6 is 23.2 Å². The second kappa shape index (κ2) is 7.15. The first kappa shape index (κ1) is 17.9. The van der Waals surface area contributed by atoms with Gasteiger partial charge in [-0.3, -0.25) is 9.78 Å². The molecule has 0 aliphatic heterocycles. The van der Waals surface area contributed by atoms with E-state index >= 15 is 0 Å². The maximum absolute atomic E-state index is 12.6. The molecular formula is C17H13Cl2N5O2. The van der Waals surface area contributed by atoms with Crippen molar-refractivity contribution < 1.29 is 9.59 Å². The summed E-state index contributed by atoms with van der Waals surface area (Å²) >= 11 is 12.0. The first-order chi connectivity index (χ1) is 12.4. The van der Waals surface area contributed by atoms with Gasteiger partial charge in [0.25, 0.3) is 5.91 Å². The van der Waals surface area contributed by atoms with Crippen LogP contribution in [0.5, 0.6) is 0 Å². The first-order valence-electron chi connectivity index (χ1n) is 7.44. The van der Waals surface area contributed by atoms with E-state index in [1.165, 1.54) is 12.3 Å². The van der Waals surface area contributed by atoms with Crippen LogP contribution in [0.3, 0.4) is 0 Å². The van der Waals surface area contributed by atoms with Crippen molar-refractivity contribution in [3.63, 3.8) is 0 Å². The molecule has 3 aromatic rings. The molecule has 0 spiro atoms. The van der Waals surface area contributed by atoms with Gasteiger partial charge in [0, 0.05) is 17.8 Å². The smallest absolute Gasteiger partial charge is 0.316 e. The molecule has 0 aliphatic rings. The van der Waals surface area contributed by atoms with Gasteiger partial charge in [0.15, 0.2) is 0 Å². The highest BCUT2D eigenvalue weighted by atomic mass is 35.5. The van der Waals surface area contributed by atoms with Crippen LogP contribution in [0.1, 0.15) is 15.9 Å². The molecule has 2 heterocycles. The molecule has 0 radical (unpaired) electrons. The van der Waals surface area contributed by atoms with E-state index in [0.29, 0.717) is 22.3 Å². The minimum Gasteiger partial charge on any atom is -0.351 e. The number of rotatable bonds is 3. The topological polar surface area (TPSA) is 110 Å². The number of nitrogens with zero attached hydrogens (tertiary/aromatic N) is 2. The molecule has 0 unspecified atom stereocenters. The maximum Gasteiger partial charge on any atom is 0.316 e. The molecule has 4 N–H and O–H groups in total. The number of halogens is 2. The Morgan fingerprint density at radius 1 is 1.12 bits per heavy atom. The number of benzene rings is 1.